The quantitative estimate of drug-likeness (QED) is 0.594. The third kappa shape index (κ3) is 7.09. The van der Waals surface area contributed by atoms with Gasteiger partial charge in [0.1, 0.15) is 17.4 Å². The van der Waals surface area contributed by atoms with Gasteiger partial charge in [-0.05, 0) is 59.3 Å². The number of amides is 2. The summed E-state index contributed by atoms with van der Waals surface area (Å²) in [6.07, 6.45) is 5.07. The van der Waals surface area contributed by atoms with Crippen molar-refractivity contribution in [3.8, 4) is 0 Å². The molecule has 8 heteroatoms. The molecule has 2 aliphatic rings. The molecule has 0 bridgehead atoms. The largest absolute Gasteiger partial charge is 0.480 e. The summed E-state index contributed by atoms with van der Waals surface area (Å²) in [6, 6.07) is -1.52. The molecule has 3 atom stereocenters. The van der Waals surface area contributed by atoms with Gasteiger partial charge in [0.05, 0.1) is 6.04 Å². The summed E-state index contributed by atoms with van der Waals surface area (Å²) in [5.74, 6) is -1.07. The molecule has 32 heavy (non-hydrogen) atoms. The zero-order chi connectivity index (χ0) is 24.3. The Balaban J connectivity index is 2.30. The van der Waals surface area contributed by atoms with Gasteiger partial charge in [0.15, 0.2) is 6.10 Å². The molecule has 2 fully saturated rings. The van der Waals surface area contributed by atoms with Gasteiger partial charge in [-0.3, -0.25) is 9.69 Å². The normalized spacial score (nSPS) is 24.9. The Hall–Kier alpha value is -1.83. The van der Waals surface area contributed by atoms with E-state index in [1.807, 2.05) is 13.8 Å². The Morgan fingerprint density at radius 1 is 1.16 bits per heavy atom. The monoisotopic (exact) mass is 454 g/mol. The van der Waals surface area contributed by atoms with Crippen molar-refractivity contribution in [2.24, 2.45) is 11.8 Å². The second-order valence-electron chi connectivity index (χ2n) is 11.2. The molecular formula is C24H42N2O6. The second kappa shape index (κ2) is 10.4. The van der Waals surface area contributed by atoms with E-state index in [0.717, 1.165) is 25.7 Å². The minimum absolute atomic E-state index is 0.105. The summed E-state index contributed by atoms with van der Waals surface area (Å²) in [7, 11) is 0. The number of rotatable bonds is 7. The molecule has 184 valence electrons. The number of ether oxygens (including phenoxy) is 2. The number of nitrogens with one attached hydrogen (secondary N) is 1. The molecule has 1 aliphatic heterocycles. The van der Waals surface area contributed by atoms with Crippen molar-refractivity contribution in [3.05, 3.63) is 0 Å². The molecule has 8 nitrogen and oxygen atoms in total. The van der Waals surface area contributed by atoms with E-state index >= 15 is 0 Å². The van der Waals surface area contributed by atoms with Crippen molar-refractivity contribution in [2.45, 2.75) is 123 Å². The molecule has 0 aromatic carbocycles. The van der Waals surface area contributed by atoms with Crippen molar-refractivity contribution in [2.75, 3.05) is 0 Å². The van der Waals surface area contributed by atoms with Gasteiger partial charge in [-0.2, -0.15) is 0 Å². The number of aliphatic carboxylic acids is 1. The van der Waals surface area contributed by atoms with Crippen molar-refractivity contribution in [1.29, 1.82) is 0 Å². The van der Waals surface area contributed by atoms with E-state index in [9.17, 15) is 19.5 Å². The van der Waals surface area contributed by atoms with E-state index in [-0.39, 0.29) is 5.92 Å². The third-order valence-corrected chi connectivity index (χ3v) is 6.15. The molecular weight excluding hydrogens is 412 g/mol. The topological polar surface area (TPSA) is 105 Å². The molecule has 2 unspecified atom stereocenters. The molecule has 1 saturated carbocycles. The smallest absolute Gasteiger partial charge is 0.412 e. The maximum Gasteiger partial charge on any atom is 0.412 e. The van der Waals surface area contributed by atoms with E-state index in [1.165, 1.54) is 6.42 Å². The first-order valence-corrected chi connectivity index (χ1v) is 11.9. The van der Waals surface area contributed by atoms with Gasteiger partial charge in [-0.25, -0.2) is 9.59 Å². The zero-order valence-corrected chi connectivity index (χ0v) is 20.8. The average Bonchev–Trinajstić information content (AvgIpc) is 2.90. The highest BCUT2D eigenvalue weighted by atomic mass is 16.6. The number of carboxylic acid groups (broad SMARTS) is 1. The fourth-order valence-electron chi connectivity index (χ4n) is 4.82. The van der Waals surface area contributed by atoms with E-state index < -0.39 is 47.5 Å². The molecule has 1 aliphatic carbocycles. The summed E-state index contributed by atoms with van der Waals surface area (Å²) < 4.78 is 11.8. The Morgan fingerprint density at radius 2 is 1.75 bits per heavy atom. The number of carboxylic acids is 1. The molecule has 2 rings (SSSR count). The number of carbonyl (C=O) groups is 3. The van der Waals surface area contributed by atoms with Crippen LogP contribution in [0, 0.1) is 11.8 Å². The highest BCUT2D eigenvalue weighted by Crippen LogP contribution is 2.39. The first-order chi connectivity index (χ1) is 14.7. The summed E-state index contributed by atoms with van der Waals surface area (Å²) in [5.41, 5.74) is -1.74. The van der Waals surface area contributed by atoms with Crippen molar-refractivity contribution >= 4 is 18.0 Å². The molecule has 1 saturated heterocycles. The Bertz CT molecular complexity index is 678. The van der Waals surface area contributed by atoms with Gasteiger partial charge in [-0.1, -0.05) is 46.0 Å². The van der Waals surface area contributed by atoms with Gasteiger partial charge in [0.2, 0.25) is 0 Å². The predicted octanol–water partition coefficient (Wildman–Crippen LogP) is 4.31. The van der Waals surface area contributed by atoms with Crippen LogP contribution < -0.4 is 5.32 Å². The van der Waals surface area contributed by atoms with Crippen LogP contribution in [-0.2, 0) is 19.1 Å². The summed E-state index contributed by atoms with van der Waals surface area (Å²) in [4.78, 5) is 39.7. The lowest BCUT2D eigenvalue weighted by Gasteiger charge is -2.36. The van der Waals surface area contributed by atoms with E-state index in [2.05, 4.69) is 5.32 Å². The first-order valence-electron chi connectivity index (χ1n) is 11.9. The number of nitrogens with zero attached hydrogens (tertiary/aromatic N) is 1. The molecule has 2 N–H and O–H groups in total. The summed E-state index contributed by atoms with van der Waals surface area (Å²) in [6.45, 7) is 12.7. The van der Waals surface area contributed by atoms with E-state index in [4.69, 9.17) is 9.47 Å². The van der Waals surface area contributed by atoms with Crippen LogP contribution in [0.5, 0.6) is 0 Å². The minimum atomic E-state index is -1.07. The van der Waals surface area contributed by atoms with Crippen LogP contribution >= 0.6 is 0 Å². The second-order valence-corrected chi connectivity index (χ2v) is 11.2. The Morgan fingerprint density at radius 3 is 2.25 bits per heavy atom. The van der Waals surface area contributed by atoms with Crippen LogP contribution in [-0.4, -0.2) is 57.5 Å². The fourth-order valence-corrected chi connectivity index (χ4v) is 4.82. The molecule has 2 amide bonds. The molecule has 0 aromatic rings. The molecule has 0 radical (unpaired) electrons. The maximum atomic E-state index is 13.3. The van der Waals surface area contributed by atoms with Gasteiger partial charge < -0.3 is 19.9 Å². The van der Waals surface area contributed by atoms with Gasteiger partial charge in [0, 0.05) is 0 Å². The van der Waals surface area contributed by atoms with Crippen LogP contribution in [0.2, 0.25) is 0 Å². The maximum absolute atomic E-state index is 13.3. The van der Waals surface area contributed by atoms with Gasteiger partial charge >= 0.3 is 12.1 Å². The molecule has 0 spiro atoms. The fraction of sp³-hybridized carbons (Fsp3) is 0.875. The van der Waals surface area contributed by atoms with Crippen LogP contribution in [0.15, 0.2) is 0 Å². The minimum Gasteiger partial charge on any atom is -0.480 e. The van der Waals surface area contributed by atoms with Crippen LogP contribution in [0.4, 0.5) is 4.79 Å². The predicted molar refractivity (Wildman–Crippen MR) is 121 cm³/mol. The first kappa shape index (κ1) is 26.4. The lowest BCUT2D eigenvalue weighted by Crippen LogP contribution is -2.53. The molecule has 0 aromatic heterocycles. The van der Waals surface area contributed by atoms with Crippen molar-refractivity contribution in [3.63, 3.8) is 0 Å². The number of hydrogen-bond donors (Lipinski definition) is 2. The highest BCUT2D eigenvalue weighted by molar-refractivity contribution is 5.88. The zero-order valence-electron chi connectivity index (χ0n) is 20.8. The van der Waals surface area contributed by atoms with E-state index in [0.29, 0.717) is 18.8 Å². The van der Waals surface area contributed by atoms with E-state index in [1.54, 1.807) is 39.5 Å². The van der Waals surface area contributed by atoms with Crippen LogP contribution in [0.1, 0.15) is 93.4 Å². The van der Waals surface area contributed by atoms with Crippen molar-refractivity contribution in [1.82, 2.24) is 10.2 Å². The highest BCUT2D eigenvalue weighted by Gasteiger charge is 2.54. The summed E-state index contributed by atoms with van der Waals surface area (Å²) >= 11 is 0. The summed E-state index contributed by atoms with van der Waals surface area (Å²) in [5, 5.41) is 12.2. The third-order valence-electron chi connectivity index (χ3n) is 6.15. The van der Waals surface area contributed by atoms with Gasteiger partial charge in [-0.15, -0.1) is 0 Å². The number of hydrogen-bond acceptors (Lipinski definition) is 5. The van der Waals surface area contributed by atoms with Crippen LogP contribution in [0.25, 0.3) is 0 Å². The molecule has 1 heterocycles. The average molecular weight is 455 g/mol. The van der Waals surface area contributed by atoms with Crippen molar-refractivity contribution < 1.29 is 29.0 Å². The van der Waals surface area contributed by atoms with Gasteiger partial charge in [0.25, 0.3) is 5.91 Å². The van der Waals surface area contributed by atoms with Crippen LogP contribution in [0.3, 0.4) is 0 Å². The lowest BCUT2D eigenvalue weighted by molar-refractivity contribution is -0.146. The Labute approximate surface area is 192 Å². The Kier molecular flexibility index (Phi) is 8.59. The SMILES string of the molecule is CC(C)C[C@H](NC(=O)C1OC(C)(C)N(C(=O)OC(C)(C)C)C1CC1CCCCC1)C(=O)O. The number of carbonyl (C=O) groups excluding carboxylic acids is 2. The standard InChI is InChI=1S/C24H42N2O6/c1-15(2)13-17(21(28)29)25-20(27)19-18(14-16-11-9-8-10-12-16)26(24(6,7)31-19)22(30)32-23(3,4)5/h15-19H,8-14H2,1-7H3,(H,25,27)(H,28,29)/t17-,18?,19?/m0/s1. The lowest BCUT2D eigenvalue weighted by atomic mass is 9.83.